The first-order valence-corrected chi connectivity index (χ1v) is 11.6. The van der Waals surface area contributed by atoms with Crippen LogP contribution in [0.25, 0.3) is 0 Å². The summed E-state index contributed by atoms with van der Waals surface area (Å²) in [4.78, 5) is 0. The van der Waals surface area contributed by atoms with Crippen LogP contribution in [0.4, 0.5) is 0 Å². The van der Waals surface area contributed by atoms with Crippen molar-refractivity contribution < 1.29 is 0 Å². The standard InChI is InChI=1S/C9H11.2BrH.Mg/c1-8(2)9-6-4-3-5-7-9;;;/h3-6,8H,1-2H3;2*1H;/q;;;+2/p-2. The zero-order valence-corrected chi connectivity index (χ0v) is 11.9. The van der Waals surface area contributed by atoms with Crippen molar-refractivity contribution in [2.45, 2.75) is 19.8 Å². The largest absolute Gasteiger partial charge is 0.560 e. The molecule has 0 saturated carbocycles. The van der Waals surface area contributed by atoms with E-state index in [1.54, 1.807) is 0 Å². The average molecular weight is 303 g/mol. The predicted octanol–water partition coefficient (Wildman–Crippen LogP) is 3.92. The van der Waals surface area contributed by atoms with Gasteiger partial charge < -0.3 is 0 Å². The van der Waals surface area contributed by atoms with Crippen LogP contribution in [0.3, 0.4) is 0 Å². The normalized spacial score (nSPS) is 8.42. The molecule has 63 valence electrons. The van der Waals surface area contributed by atoms with Crippen LogP contribution in [0.5, 0.6) is 0 Å². The monoisotopic (exact) mass is 301 g/mol. The van der Waals surface area contributed by atoms with E-state index in [4.69, 9.17) is 0 Å². The molecule has 0 saturated heterocycles. The summed E-state index contributed by atoms with van der Waals surface area (Å²) >= 11 is 6.44. The number of benzene rings is 1. The summed E-state index contributed by atoms with van der Waals surface area (Å²) in [5.41, 5.74) is 1.29. The van der Waals surface area contributed by atoms with Crippen molar-refractivity contribution in [1.82, 2.24) is 0 Å². The fraction of sp³-hybridized carbons (Fsp3) is 0.333. The zero-order chi connectivity index (χ0) is 9.40. The average Bonchev–Trinajstić information content (AvgIpc) is 2.07. The predicted molar refractivity (Wildman–Crippen MR) is 63.0 cm³/mol. The van der Waals surface area contributed by atoms with Gasteiger partial charge in [-0.3, -0.25) is 25.8 Å². The van der Waals surface area contributed by atoms with Gasteiger partial charge >= 0.3 is 16.0 Å². The van der Waals surface area contributed by atoms with Gasteiger partial charge in [0, 0.05) is 0 Å². The molecule has 0 aliphatic carbocycles. The van der Waals surface area contributed by atoms with Gasteiger partial charge in [-0.05, 0) is 17.5 Å². The van der Waals surface area contributed by atoms with E-state index in [9.17, 15) is 0 Å². The number of hydrogen-bond donors (Lipinski definition) is 0. The van der Waals surface area contributed by atoms with E-state index in [2.05, 4.69) is 51.7 Å². The Morgan fingerprint density at radius 2 is 1.92 bits per heavy atom. The molecule has 0 atom stereocenters. The molecular formula is C9H11Br2Mg. The second-order valence-electron chi connectivity index (χ2n) is 2.57. The topological polar surface area (TPSA) is 0 Å². The van der Waals surface area contributed by atoms with Crippen LogP contribution >= 0.6 is 25.8 Å². The number of hydrogen-bond acceptors (Lipinski definition) is 0. The highest BCUT2D eigenvalue weighted by Gasteiger charge is 1.94. The van der Waals surface area contributed by atoms with E-state index in [1.807, 2.05) is 18.2 Å². The molecule has 1 aromatic rings. The smallest absolute Gasteiger partial charge is 0.280 e. The van der Waals surface area contributed by atoms with Gasteiger partial charge in [0.25, 0.3) is 0 Å². The van der Waals surface area contributed by atoms with E-state index in [1.165, 1.54) is 5.56 Å². The lowest BCUT2D eigenvalue weighted by Crippen LogP contribution is -1.84. The van der Waals surface area contributed by atoms with Crippen molar-refractivity contribution in [3.05, 3.63) is 35.9 Å². The van der Waals surface area contributed by atoms with E-state index >= 15 is 0 Å². The minimum atomic E-state index is 0.0417. The quantitative estimate of drug-likeness (QED) is 0.690. The summed E-state index contributed by atoms with van der Waals surface area (Å²) in [5.74, 6) is 0.603. The lowest BCUT2D eigenvalue weighted by Gasteiger charge is -2.01. The number of halogens is 2. The van der Waals surface area contributed by atoms with Gasteiger partial charge in [0.1, 0.15) is 0 Å². The Morgan fingerprint density at radius 3 is 2.17 bits per heavy atom. The van der Waals surface area contributed by atoms with Crippen LogP contribution in [0.2, 0.25) is 0 Å². The molecule has 0 unspecified atom stereocenters. The summed E-state index contributed by atoms with van der Waals surface area (Å²) in [7, 11) is 0. The Bertz CT molecular complexity index is 187. The molecule has 12 heavy (non-hydrogen) atoms. The van der Waals surface area contributed by atoms with E-state index in [0.29, 0.717) is 5.92 Å². The van der Waals surface area contributed by atoms with E-state index in [-0.39, 0.29) is 16.0 Å². The molecule has 0 spiro atoms. The third kappa shape index (κ3) is 6.46. The van der Waals surface area contributed by atoms with Crippen LogP contribution in [0.15, 0.2) is 24.3 Å². The number of rotatable bonds is 1. The fourth-order valence-corrected chi connectivity index (χ4v) is 0.766. The first kappa shape index (κ1) is 12.9. The molecular weight excluding hydrogens is 292 g/mol. The molecule has 0 fully saturated rings. The van der Waals surface area contributed by atoms with Crippen LogP contribution in [-0.2, 0) is 0 Å². The molecule has 1 aromatic carbocycles. The maximum atomic E-state index is 3.20. The second kappa shape index (κ2) is 8.54. The maximum absolute atomic E-state index is 3.20. The third-order valence-corrected chi connectivity index (χ3v) is 1.36. The molecule has 0 nitrogen and oxygen atoms in total. The Balaban J connectivity index is 0.000000354. The van der Waals surface area contributed by atoms with Crippen molar-refractivity contribution in [2.75, 3.05) is 0 Å². The van der Waals surface area contributed by atoms with Crippen molar-refractivity contribution >= 4 is 41.8 Å². The molecule has 0 aromatic heterocycles. The van der Waals surface area contributed by atoms with Crippen LogP contribution in [-0.4, -0.2) is 16.0 Å². The summed E-state index contributed by atoms with van der Waals surface area (Å²) in [5, 5.41) is 0. The zero-order valence-electron chi connectivity index (χ0n) is 7.35. The third-order valence-electron chi connectivity index (χ3n) is 1.36. The summed E-state index contributed by atoms with van der Waals surface area (Å²) in [6.07, 6.45) is 0. The van der Waals surface area contributed by atoms with Crippen LogP contribution in [0, 0.1) is 6.07 Å². The van der Waals surface area contributed by atoms with Gasteiger partial charge in [-0.2, -0.15) is 0 Å². The summed E-state index contributed by atoms with van der Waals surface area (Å²) < 4.78 is 0. The Hall–Kier alpha value is 0.946. The first-order valence-electron chi connectivity index (χ1n) is 3.81. The first-order chi connectivity index (χ1) is 5.72. The highest BCUT2D eigenvalue weighted by molar-refractivity contribution is 9.47. The molecule has 1 radical (unpaired) electrons. The summed E-state index contributed by atoms with van der Waals surface area (Å²) in [6, 6.07) is 11.3. The van der Waals surface area contributed by atoms with Crippen molar-refractivity contribution in [2.24, 2.45) is 0 Å². The molecule has 0 N–H and O–H groups in total. The van der Waals surface area contributed by atoms with Gasteiger partial charge in [-0.15, -0.1) is 0 Å². The van der Waals surface area contributed by atoms with Gasteiger partial charge in [0.15, 0.2) is 0 Å². The highest BCUT2D eigenvalue weighted by Crippen LogP contribution is 2.10. The maximum Gasteiger partial charge on any atom is 0.560 e. The second-order valence-corrected chi connectivity index (χ2v) is 10.7. The van der Waals surface area contributed by atoms with Gasteiger partial charge in [0.2, 0.25) is 0 Å². The molecule has 0 heterocycles. The Morgan fingerprint density at radius 1 is 1.33 bits per heavy atom. The van der Waals surface area contributed by atoms with Crippen molar-refractivity contribution in [3.8, 4) is 0 Å². The van der Waals surface area contributed by atoms with Crippen molar-refractivity contribution in [1.29, 1.82) is 0 Å². The Labute approximate surface area is 96.6 Å². The molecule has 1 rings (SSSR count). The highest BCUT2D eigenvalue weighted by atomic mass is 79.9. The van der Waals surface area contributed by atoms with E-state index in [0.717, 1.165) is 0 Å². The molecule has 0 bridgehead atoms. The minimum Gasteiger partial charge on any atom is -0.280 e. The SMILES string of the molecule is CC(C)c1[c]cccc1.[Br][Mg][Br]. The molecule has 0 aliphatic heterocycles. The van der Waals surface area contributed by atoms with E-state index < -0.39 is 0 Å². The minimum absolute atomic E-state index is 0.0417. The lowest BCUT2D eigenvalue weighted by atomic mass is 10.0. The van der Waals surface area contributed by atoms with Gasteiger partial charge in [0.05, 0.1) is 0 Å². The van der Waals surface area contributed by atoms with Crippen molar-refractivity contribution in [3.63, 3.8) is 0 Å². The summed E-state index contributed by atoms with van der Waals surface area (Å²) in [6.45, 7) is 4.34. The molecule has 0 aliphatic rings. The van der Waals surface area contributed by atoms with Crippen LogP contribution in [0.1, 0.15) is 25.3 Å². The molecule has 0 amide bonds. The van der Waals surface area contributed by atoms with Gasteiger partial charge in [-0.25, -0.2) is 0 Å². The fourth-order valence-electron chi connectivity index (χ4n) is 0.766. The lowest BCUT2D eigenvalue weighted by molar-refractivity contribution is 0.865. The van der Waals surface area contributed by atoms with Crippen LogP contribution < -0.4 is 0 Å². The Kier molecular flexibility index (Phi) is 9.21. The molecule has 3 heteroatoms. The van der Waals surface area contributed by atoms with Gasteiger partial charge in [-0.1, -0.05) is 38.1 Å².